The number of Topliss-reactive ketones (excluding diaryl/α,β-unsaturated/α-hetero) is 1. The number of benzene rings is 2. The van der Waals surface area contributed by atoms with E-state index in [9.17, 15) is 4.79 Å². The number of carbonyl (C=O) groups is 1. The molecular formula is C22H17NO2. The molecule has 0 spiro atoms. The smallest absolute Gasteiger partial charge is 0.189 e. The molecule has 4 rings (SSSR count). The van der Waals surface area contributed by atoms with E-state index >= 15 is 0 Å². The zero-order valence-corrected chi connectivity index (χ0v) is 13.7. The Kier molecular flexibility index (Phi) is 4.13. The van der Waals surface area contributed by atoms with E-state index in [0.29, 0.717) is 13.0 Å². The second-order valence-electron chi connectivity index (χ2n) is 6.05. The van der Waals surface area contributed by atoms with Crippen molar-refractivity contribution < 1.29 is 9.53 Å². The minimum absolute atomic E-state index is 0.133. The number of ether oxygens (including phenoxy) is 1. The van der Waals surface area contributed by atoms with Gasteiger partial charge in [0.1, 0.15) is 12.4 Å². The van der Waals surface area contributed by atoms with Crippen molar-refractivity contribution in [3.63, 3.8) is 0 Å². The van der Waals surface area contributed by atoms with Gasteiger partial charge in [0, 0.05) is 30.0 Å². The van der Waals surface area contributed by atoms with Crippen LogP contribution in [0.2, 0.25) is 0 Å². The van der Waals surface area contributed by atoms with Crippen LogP contribution in [0.5, 0.6) is 5.75 Å². The summed E-state index contributed by atoms with van der Waals surface area (Å²) in [6.45, 7) is 0.511. The highest BCUT2D eigenvalue weighted by Crippen LogP contribution is 2.27. The molecule has 0 fully saturated rings. The Morgan fingerprint density at radius 2 is 1.72 bits per heavy atom. The highest BCUT2D eigenvalue weighted by molar-refractivity contribution is 6.15. The second-order valence-corrected chi connectivity index (χ2v) is 6.05. The van der Waals surface area contributed by atoms with E-state index in [2.05, 4.69) is 4.98 Å². The number of hydrogen-bond acceptors (Lipinski definition) is 3. The molecule has 0 unspecified atom stereocenters. The summed E-state index contributed by atoms with van der Waals surface area (Å²) in [5.41, 5.74) is 4.86. The van der Waals surface area contributed by atoms with Gasteiger partial charge in [0.05, 0.1) is 0 Å². The van der Waals surface area contributed by atoms with E-state index in [1.54, 1.807) is 12.4 Å². The third kappa shape index (κ3) is 3.36. The van der Waals surface area contributed by atoms with Crippen molar-refractivity contribution in [1.82, 2.24) is 4.98 Å². The highest BCUT2D eigenvalue weighted by Gasteiger charge is 2.23. The van der Waals surface area contributed by atoms with Gasteiger partial charge < -0.3 is 4.74 Å². The molecule has 122 valence electrons. The quantitative estimate of drug-likeness (QED) is 0.663. The highest BCUT2D eigenvalue weighted by atomic mass is 16.5. The average molecular weight is 327 g/mol. The van der Waals surface area contributed by atoms with Gasteiger partial charge in [-0.1, -0.05) is 36.4 Å². The number of aromatic nitrogens is 1. The molecule has 0 amide bonds. The van der Waals surface area contributed by atoms with Gasteiger partial charge in [0.25, 0.3) is 0 Å². The van der Waals surface area contributed by atoms with Gasteiger partial charge in [-0.05, 0) is 47.0 Å². The maximum Gasteiger partial charge on any atom is 0.189 e. The molecule has 2 aromatic carbocycles. The van der Waals surface area contributed by atoms with Crippen molar-refractivity contribution in [3.05, 3.63) is 101 Å². The number of allylic oxidation sites excluding steroid dienone is 1. The summed E-state index contributed by atoms with van der Waals surface area (Å²) in [6.07, 6.45) is 6.18. The first-order valence-corrected chi connectivity index (χ1v) is 8.24. The molecule has 0 radical (unpaired) electrons. The van der Waals surface area contributed by atoms with E-state index in [1.165, 1.54) is 0 Å². The minimum atomic E-state index is 0.133. The molecule has 25 heavy (non-hydrogen) atoms. The van der Waals surface area contributed by atoms with Crippen LogP contribution in [0, 0.1) is 0 Å². The molecule has 1 aliphatic rings. The van der Waals surface area contributed by atoms with Gasteiger partial charge in [-0.15, -0.1) is 0 Å². The van der Waals surface area contributed by atoms with Gasteiger partial charge in [-0.25, -0.2) is 0 Å². The van der Waals surface area contributed by atoms with E-state index in [-0.39, 0.29) is 5.78 Å². The van der Waals surface area contributed by atoms with Crippen molar-refractivity contribution in [2.24, 2.45) is 0 Å². The molecule has 0 atom stereocenters. The summed E-state index contributed by atoms with van der Waals surface area (Å²) < 4.78 is 5.77. The number of fused-ring (bicyclic) bond motifs is 1. The predicted octanol–water partition coefficient (Wildman–Crippen LogP) is 4.48. The maximum absolute atomic E-state index is 12.4. The van der Waals surface area contributed by atoms with Crippen molar-refractivity contribution in [2.75, 3.05) is 0 Å². The lowest BCUT2D eigenvalue weighted by molar-refractivity contribution is 0.104. The Hall–Kier alpha value is -3.20. The lowest BCUT2D eigenvalue weighted by Crippen LogP contribution is -1.96. The molecule has 0 saturated heterocycles. The number of pyridine rings is 1. The second kappa shape index (κ2) is 6.73. The molecule has 3 heteroatoms. The average Bonchev–Trinajstić information content (AvgIpc) is 2.98. The van der Waals surface area contributed by atoms with Crippen molar-refractivity contribution in [2.45, 2.75) is 13.0 Å². The molecule has 3 nitrogen and oxygen atoms in total. The maximum atomic E-state index is 12.4. The zero-order valence-electron chi connectivity index (χ0n) is 13.7. The molecule has 0 N–H and O–H groups in total. The van der Waals surface area contributed by atoms with Gasteiger partial charge >= 0.3 is 0 Å². The fourth-order valence-electron chi connectivity index (χ4n) is 2.98. The molecule has 1 heterocycles. The molecular weight excluding hydrogens is 310 g/mol. The van der Waals surface area contributed by atoms with Crippen LogP contribution >= 0.6 is 0 Å². The van der Waals surface area contributed by atoms with Crippen LogP contribution in [0.3, 0.4) is 0 Å². The monoisotopic (exact) mass is 327 g/mol. The fraction of sp³-hybridized carbons (Fsp3) is 0.0909. The number of hydrogen-bond donors (Lipinski definition) is 0. The van der Waals surface area contributed by atoms with Crippen molar-refractivity contribution in [3.8, 4) is 5.75 Å². The van der Waals surface area contributed by atoms with Crippen LogP contribution < -0.4 is 4.74 Å². The SMILES string of the molecule is O=C1/C(=C/c2ccc(OCc3ccncc3)cc2)Cc2ccccc21. The molecule has 0 saturated carbocycles. The van der Waals surface area contributed by atoms with E-state index < -0.39 is 0 Å². The van der Waals surface area contributed by atoms with Gasteiger partial charge in [-0.2, -0.15) is 0 Å². The first-order chi connectivity index (χ1) is 12.3. The molecule has 3 aromatic rings. The lowest BCUT2D eigenvalue weighted by atomic mass is 10.1. The number of carbonyl (C=O) groups excluding carboxylic acids is 1. The number of nitrogens with zero attached hydrogens (tertiary/aromatic N) is 1. The molecule has 0 bridgehead atoms. The zero-order chi connectivity index (χ0) is 17.1. The van der Waals surface area contributed by atoms with Crippen LogP contribution in [0.15, 0.2) is 78.6 Å². The van der Waals surface area contributed by atoms with Gasteiger partial charge in [0.15, 0.2) is 5.78 Å². The first kappa shape index (κ1) is 15.3. The third-order valence-corrected chi connectivity index (χ3v) is 4.31. The molecule has 1 aromatic heterocycles. The van der Waals surface area contributed by atoms with E-state index in [0.717, 1.165) is 33.6 Å². The van der Waals surface area contributed by atoms with E-state index in [4.69, 9.17) is 4.74 Å². The molecule has 1 aliphatic carbocycles. The number of ketones is 1. The Balaban J connectivity index is 1.45. The standard InChI is InChI=1S/C22H17NO2/c24-22-19(14-18-3-1-2-4-21(18)22)13-16-5-7-20(8-6-16)25-15-17-9-11-23-12-10-17/h1-13H,14-15H2/b19-13+. The normalized spacial score (nSPS) is 14.6. The summed E-state index contributed by atoms with van der Waals surface area (Å²) in [7, 11) is 0. The van der Waals surface area contributed by atoms with Crippen molar-refractivity contribution in [1.29, 1.82) is 0 Å². The van der Waals surface area contributed by atoms with Crippen LogP contribution in [0.1, 0.15) is 27.0 Å². The molecule has 0 aliphatic heterocycles. The summed E-state index contributed by atoms with van der Waals surface area (Å²) in [5, 5.41) is 0. The summed E-state index contributed by atoms with van der Waals surface area (Å²) in [5.74, 6) is 0.939. The Bertz CT molecular complexity index is 928. The Morgan fingerprint density at radius 1 is 0.960 bits per heavy atom. The third-order valence-electron chi connectivity index (χ3n) is 4.31. The Labute approximate surface area is 146 Å². The first-order valence-electron chi connectivity index (χ1n) is 8.24. The largest absolute Gasteiger partial charge is 0.489 e. The van der Waals surface area contributed by atoms with Crippen LogP contribution in [0.4, 0.5) is 0 Å². The van der Waals surface area contributed by atoms with E-state index in [1.807, 2.05) is 66.7 Å². The lowest BCUT2D eigenvalue weighted by Gasteiger charge is -2.06. The predicted molar refractivity (Wildman–Crippen MR) is 97.5 cm³/mol. The summed E-state index contributed by atoms with van der Waals surface area (Å²) in [6, 6.07) is 19.5. The van der Waals surface area contributed by atoms with Crippen LogP contribution in [-0.2, 0) is 13.0 Å². The topological polar surface area (TPSA) is 39.2 Å². The summed E-state index contributed by atoms with van der Waals surface area (Å²) >= 11 is 0. The minimum Gasteiger partial charge on any atom is -0.489 e. The fourth-order valence-corrected chi connectivity index (χ4v) is 2.98. The van der Waals surface area contributed by atoms with Gasteiger partial charge in [-0.3, -0.25) is 9.78 Å². The van der Waals surface area contributed by atoms with Crippen molar-refractivity contribution >= 4 is 11.9 Å². The number of rotatable bonds is 4. The van der Waals surface area contributed by atoms with Crippen LogP contribution in [0.25, 0.3) is 6.08 Å². The summed E-state index contributed by atoms with van der Waals surface area (Å²) in [4.78, 5) is 16.4. The van der Waals surface area contributed by atoms with Crippen LogP contribution in [-0.4, -0.2) is 10.8 Å². The van der Waals surface area contributed by atoms with Gasteiger partial charge in [0.2, 0.25) is 0 Å². The Morgan fingerprint density at radius 3 is 2.48 bits per heavy atom.